The van der Waals surface area contributed by atoms with Gasteiger partial charge in [0, 0.05) is 19.3 Å². The summed E-state index contributed by atoms with van der Waals surface area (Å²) in [5.74, 6) is -0.104. The van der Waals surface area contributed by atoms with Gasteiger partial charge in [0.25, 0.3) is 0 Å². The SMILES string of the molecule is COCCNC(=O)CNc1ccc(Cl)c(Cl)c1. The van der Waals surface area contributed by atoms with Crippen LogP contribution in [0.3, 0.4) is 0 Å². The van der Waals surface area contributed by atoms with Crippen LogP contribution in [0, 0.1) is 0 Å². The number of carbonyl (C=O) groups is 1. The number of ether oxygens (including phenoxy) is 1. The fraction of sp³-hybridized carbons (Fsp3) is 0.364. The maximum atomic E-state index is 11.4. The molecule has 2 N–H and O–H groups in total. The highest BCUT2D eigenvalue weighted by Crippen LogP contribution is 2.24. The Hall–Kier alpha value is -0.970. The van der Waals surface area contributed by atoms with Crippen LogP contribution in [-0.2, 0) is 9.53 Å². The number of hydrogen-bond donors (Lipinski definition) is 2. The molecule has 0 aromatic heterocycles. The van der Waals surface area contributed by atoms with Crippen LogP contribution in [-0.4, -0.2) is 32.7 Å². The lowest BCUT2D eigenvalue weighted by Crippen LogP contribution is -2.32. The Morgan fingerprint density at radius 3 is 2.76 bits per heavy atom. The molecule has 1 aromatic rings. The molecule has 0 aliphatic heterocycles. The highest BCUT2D eigenvalue weighted by molar-refractivity contribution is 6.42. The predicted octanol–water partition coefficient (Wildman–Crippen LogP) is 2.17. The average Bonchev–Trinajstić information content (AvgIpc) is 2.31. The van der Waals surface area contributed by atoms with E-state index in [4.69, 9.17) is 27.9 Å². The van der Waals surface area contributed by atoms with Gasteiger partial charge in [0.2, 0.25) is 5.91 Å². The monoisotopic (exact) mass is 276 g/mol. The number of halogens is 2. The molecule has 0 fully saturated rings. The largest absolute Gasteiger partial charge is 0.383 e. The number of methoxy groups -OCH3 is 1. The molecule has 0 aliphatic carbocycles. The molecule has 94 valence electrons. The molecule has 0 saturated carbocycles. The van der Waals surface area contributed by atoms with Crippen molar-refractivity contribution in [3.8, 4) is 0 Å². The molecule has 6 heteroatoms. The Morgan fingerprint density at radius 1 is 1.35 bits per heavy atom. The Balaban J connectivity index is 2.34. The van der Waals surface area contributed by atoms with Gasteiger partial charge >= 0.3 is 0 Å². The number of benzene rings is 1. The average molecular weight is 277 g/mol. The van der Waals surface area contributed by atoms with E-state index in [1.165, 1.54) is 0 Å². The minimum Gasteiger partial charge on any atom is -0.383 e. The van der Waals surface area contributed by atoms with Crippen LogP contribution in [0.4, 0.5) is 5.69 Å². The lowest BCUT2D eigenvalue weighted by molar-refractivity contribution is -0.119. The van der Waals surface area contributed by atoms with E-state index in [0.717, 1.165) is 5.69 Å². The summed E-state index contributed by atoms with van der Waals surface area (Å²) in [5.41, 5.74) is 0.751. The molecule has 0 heterocycles. The molecular weight excluding hydrogens is 263 g/mol. The molecular formula is C11H14Cl2N2O2. The van der Waals surface area contributed by atoms with Gasteiger partial charge in [-0.1, -0.05) is 23.2 Å². The quantitative estimate of drug-likeness (QED) is 0.783. The van der Waals surface area contributed by atoms with Crippen molar-refractivity contribution in [3.05, 3.63) is 28.2 Å². The van der Waals surface area contributed by atoms with Gasteiger partial charge in [-0.2, -0.15) is 0 Å². The van der Waals surface area contributed by atoms with Crippen molar-refractivity contribution in [2.24, 2.45) is 0 Å². The Morgan fingerprint density at radius 2 is 2.12 bits per heavy atom. The van der Waals surface area contributed by atoms with E-state index < -0.39 is 0 Å². The lowest BCUT2D eigenvalue weighted by Gasteiger charge is -2.08. The van der Waals surface area contributed by atoms with Crippen LogP contribution in [0.2, 0.25) is 10.0 Å². The second-order valence-corrected chi connectivity index (χ2v) is 4.14. The van der Waals surface area contributed by atoms with Gasteiger partial charge in [-0.25, -0.2) is 0 Å². The van der Waals surface area contributed by atoms with Gasteiger partial charge in [0.05, 0.1) is 23.2 Å². The first kappa shape index (κ1) is 14.1. The van der Waals surface area contributed by atoms with E-state index >= 15 is 0 Å². The molecule has 0 unspecified atom stereocenters. The van der Waals surface area contributed by atoms with Crippen LogP contribution in [0.1, 0.15) is 0 Å². The molecule has 0 bridgehead atoms. The highest BCUT2D eigenvalue weighted by atomic mass is 35.5. The normalized spacial score (nSPS) is 10.1. The van der Waals surface area contributed by atoms with Gasteiger partial charge in [-0.05, 0) is 18.2 Å². The van der Waals surface area contributed by atoms with E-state index in [2.05, 4.69) is 10.6 Å². The van der Waals surface area contributed by atoms with Gasteiger partial charge in [-0.15, -0.1) is 0 Å². The van der Waals surface area contributed by atoms with Crippen molar-refractivity contribution in [2.75, 3.05) is 32.1 Å². The van der Waals surface area contributed by atoms with Crippen LogP contribution < -0.4 is 10.6 Å². The molecule has 17 heavy (non-hydrogen) atoms. The molecule has 0 aliphatic rings. The molecule has 4 nitrogen and oxygen atoms in total. The number of nitrogens with one attached hydrogen (secondary N) is 2. The summed E-state index contributed by atoms with van der Waals surface area (Å²) in [6.07, 6.45) is 0. The lowest BCUT2D eigenvalue weighted by atomic mass is 10.3. The van der Waals surface area contributed by atoms with Crippen molar-refractivity contribution < 1.29 is 9.53 Å². The van der Waals surface area contributed by atoms with Crippen LogP contribution >= 0.6 is 23.2 Å². The van der Waals surface area contributed by atoms with Crippen LogP contribution in [0.5, 0.6) is 0 Å². The second kappa shape index (κ2) is 7.37. The third kappa shape index (κ3) is 5.26. The van der Waals surface area contributed by atoms with Crippen LogP contribution in [0.15, 0.2) is 18.2 Å². The Bertz CT molecular complexity index is 386. The third-order valence-electron chi connectivity index (χ3n) is 2.00. The van der Waals surface area contributed by atoms with E-state index in [1.807, 2.05) is 0 Å². The van der Waals surface area contributed by atoms with Crippen molar-refractivity contribution in [3.63, 3.8) is 0 Å². The summed E-state index contributed by atoms with van der Waals surface area (Å²) < 4.78 is 4.82. The number of rotatable bonds is 6. The summed E-state index contributed by atoms with van der Waals surface area (Å²) in [6, 6.07) is 5.11. The van der Waals surface area contributed by atoms with Crippen molar-refractivity contribution in [1.29, 1.82) is 0 Å². The summed E-state index contributed by atoms with van der Waals surface area (Å²) in [4.78, 5) is 11.4. The number of anilines is 1. The topological polar surface area (TPSA) is 50.4 Å². The minimum atomic E-state index is -0.104. The Kier molecular flexibility index (Phi) is 6.11. The van der Waals surface area contributed by atoms with Crippen molar-refractivity contribution in [2.45, 2.75) is 0 Å². The van der Waals surface area contributed by atoms with E-state index in [0.29, 0.717) is 23.2 Å². The van der Waals surface area contributed by atoms with Gasteiger partial charge in [0.15, 0.2) is 0 Å². The number of hydrogen-bond acceptors (Lipinski definition) is 3. The second-order valence-electron chi connectivity index (χ2n) is 3.33. The molecule has 1 amide bonds. The maximum Gasteiger partial charge on any atom is 0.239 e. The standard InChI is InChI=1S/C11H14Cl2N2O2/c1-17-5-4-14-11(16)7-15-8-2-3-9(12)10(13)6-8/h2-3,6,15H,4-5,7H2,1H3,(H,14,16). The zero-order chi connectivity index (χ0) is 12.7. The van der Waals surface area contributed by atoms with Gasteiger partial charge in [-0.3, -0.25) is 4.79 Å². The number of amides is 1. The first-order chi connectivity index (χ1) is 8.13. The molecule has 0 radical (unpaired) electrons. The smallest absolute Gasteiger partial charge is 0.239 e. The Labute approximate surface area is 110 Å². The predicted molar refractivity (Wildman–Crippen MR) is 69.8 cm³/mol. The maximum absolute atomic E-state index is 11.4. The molecule has 0 atom stereocenters. The van der Waals surface area contributed by atoms with Gasteiger partial charge < -0.3 is 15.4 Å². The summed E-state index contributed by atoms with van der Waals surface area (Å²) in [6.45, 7) is 1.18. The van der Waals surface area contributed by atoms with Crippen LogP contribution in [0.25, 0.3) is 0 Å². The third-order valence-corrected chi connectivity index (χ3v) is 2.74. The molecule has 0 spiro atoms. The first-order valence-electron chi connectivity index (χ1n) is 5.08. The van der Waals surface area contributed by atoms with Gasteiger partial charge in [0.1, 0.15) is 0 Å². The molecule has 1 aromatic carbocycles. The zero-order valence-corrected chi connectivity index (χ0v) is 10.9. The van der Waals surface area contributed by atoms with E-state index in [1.54, 1.807) is 25.3 Å². The van der Waals surface area contributed by atoms with Crippen molar-refractivity contribution >= 4 is 34.8 Å². The van der Waals surface area contributed by atoms with E-state index in [9.17, 15) is 4.79 Å². The fourth-order valence-electron chi connectivity index (χ4n) is 1.14. The molecule has 0 saturated heterocycles. The molecule has 1 rings (SSSR count). The van der Waals surface area contributed by atoms with E-state index in [-0.39, 0.29) is 12.5 Å². The minimum absolute atomic E-state index is 0.104. The first-order valence-corrected chi connectivity index (χ1v) is 5.83. The zero-order valence-electron chi connectivity index (χ0n) is 9.43. The summed E-state index contributed by atoms with van der Waals surface area (Å²) >= 11 is 11.6. The fourth-order valence-corrected chi connectivity index (χ4v) is 1.44. The summed E-state index contributed by atoms with van der Waals surface area (Å²) in [5, 5.41) is 6.58. The van der Waals surface area contributed by atoms with Crippen molar-refractivity contribution in [1.82, 2.24) is 5.32 Å². The summed E-state index contributed by atoms with van der Waals surface area (Å²) in [7, 11) is 1.58. The highest BCUT2D eigenvalue weighted by Gasteiger charge is 2.02. The number of carbonyl (C=O) groups excluding carboxylic acids is 1.